The van der Waals surface area contributed by atoms with Crippen LogP contribution in [0.1, 0.15) is 17.9 Å². The second kappa shape index (κ2) is 6.74. The van der Waals surface area contributed by atoms with E-state index in [1.807, 2.05) is 12.1 Å². The van der Waals surface area contributed by atoms with E-state index < -0.39 is 0 Å². The van der Waals surface area contributed by atoms with E-state index in [1.54, 1.807) is 17.7 Å². The summed E-state index contributed by atoms with van der Waals surface area (Å²) in [5.74, 6) is 1.28. The van der Waals surface area contributed by atoms with Crippen LogP contribution in [0.5, 0.6) is 0 Å². The molecule has 134 valence electrons. The Morgan fingerprint density at radius 3 is 2.63 bits per heavy atom. The monoisotopic (exact) mass is 375 g/mol. The molecule has 0 bridgehead atoms. The molecule has 1 saturated heterocycles. The summed E-state index contributed by atoms with van der Waals surface area (Å²) >= 11 is 1.61. The van der Waals surface area contributed by atoms with Crippen LogP contribution in [-0.2, 0) is 0 Å². The quantitative estimate of drug-likeness (QED) is 0.474. The molecule has 3 nitrogen and oxygen atoms in total. The molecule has 1 fully saturated rings. The molecule has 5 rings (SSSR count). The van der Waals surface area contributed by atoms with Crippen molar-refractivity contribution in [2.24, 2.45) is 0 Å². The second-order valence-corrected chi connectivity index (χ2v) is 7.73. The molecule has 27 heavy (non-hydrogen) atoms. The summed E-state index contributed by atoms with van der Waals surface area (Å²) in [6.45, 7) is 1.93. The van der Waals surface area contributed by atoms with Gasteiger partial charge in [-0.25, -0.2) is 14.4 Å². The number of hydrogen-bond acceptors (Lipinski definition) is 4. The van der Waals surface area contributed by atoms with Crippen molar-refractivity contribution in [1.29, 1.82) is 0 Å². The normalized spacial score (nSPS) is 16.9. The van der Waals surface area contributed by atoms with E-state index in [0.29, 0.717) is 5.92 Å². The average molecular weight is 375 g/mol. The molecule has 1 aliphatic heterocycles. The number of aromatic nitrogens is 2. The number of rotatable bonds is 3. The van der Waals surface area contributed by atoms with E-state index in [-0.39, 0.29) is 5.82 Å². The van der Waals surface area contributed by atoms with Gasteiger partial charge < -0.3 is 4.90 Å². The number of thiophene rings is 1. The smallest absolute Gasteiger partial charge is 0.141 e. The minimum Gasteiger partial charge on any atom is -0.355 e. The summed E-state index contributed by atoms with van der Waals surface area (Å²) in [6, 6.07) is 17.3. The van der Waals surface area contributed by atoms with Gasteiger partial charge in [-0.2, -0.15) is 0 Å². The first-order valence-electron chi connectivity index (χ1n) is 9.07. The van der Waals surface area contributed by atoms with Crippen molar-refractivity contribution in [3.8, 4) is 11.1 Å². The van der Waals surface area contributed by atoms with E-state index in [0.717, 1.165) is 46.7 Å². The van der Waals surface area contributed by atoms with Crippen molar-refractivity contribution in [3.63, 3.8) is 0 Å². The summed E-state index contributed by atoms with van der Waals surface area (Å²) in [5, 5.41) is 3.17. The molecule has 1 atom stereocenters. The first-order chi connectivity index (χ1) is 13.3. The van der Waals surface area contributed by atoms with Crippen molar-refractivity contribution in [1.82, 2.24) is 9.97 Å². The lowest BCUT2D eigenvalue weighted by atomic mass is 9.99. The number of benzene rings is 2. The van der Waals surface area contributed by atoms with E-state index in [1.165, 1.54) is 17.7 Å². The van der Waals surface area contributed by atoms with E-state index in [4.69, 9.17) is 0 Å². The molecule has 0 unspecified atom stereocenters. The lowest BCUT2D eigenvalue weighted by Crippen LogP contribution is -2.20. The molecule has 4 aromatic rings. The number of fused-ring (bicyclic) bond motifs is 1. The molecule has 0 spiro atoms. The van der Waals surface area contributed by atoms with E-state index in [9.17, 15) is 4.39 Å². The largest absolute Gasteiger partial charge is 0.355 e. The van der Waals surface area contributed by atoms with Gasteiger partial charge in [-0.1, -0.05) is 42.5 Å². The van der Waals surface area contributed by atoms with Gasteiger partial charge in [0.25, 0.3) is 0 Å². The molecule has 0 aliphatic carbocycles. The van der Waals surface area contributed by atoms with Crippen molar-refractivity contribution >= 4 is 27.4 Å². The lowest BCUT2D eigenvalue weighted by Gasteiger charge is -2.19. The minimum atomic E-state index is -0.222. The molecule has 2 aromatic heterocycles. The van der Waals surface area contributed by atoms with Crippen LogP contribution in [0.15, 0.2) is 66.3 Å². The van der Waals surface area contributed by atoms with Gasteiger partial charge in [0.2, 0.25) is 0 Å². The zero-order valence-corrected chi connectivity index (χ0v) is 15.5. The highest BCUT2D eigenvalue weighted by Crippen LogP contribution is 2.40. The third-order valence-electron chi connectivity index (χ3n) is 5.26. The number of halogens is 1. The maximum absolute atomic E-state index is 13.3. The van der Waals surface area contributed by atoms with Gasteiger partial charge in [0.15, 0.2) is 0 Å². The van der Waals surface area contributed by atoms with Crippen LogP contribution < -0.4 is 4.90 Å². The summed E-state index contributed by atoms with van der Waals surface area (Å²) in [7, 11) is 0. The van der Waals surface area contributed by atoms with Gasteiger partial charge in [0, 0.05) is 30.0 Å². The summed E-state index contributed by atoms with van der Waals surface area (Å²) in [5.41, 5.74) is 3.46. The Kier molecular flexibility index (Phi) is 4.09. The van der Waals surface area contributed by atoms with Gasteiger partial charge >= 0.3 is 0 Å². The number of nitrogens with zero attached hydrogens (tertiary/aromatic N) is 3. The Morgan fingerprint density at radius 1 is 1.00 bits per heavy atom. The predicted molar refractivity (Wildman–Crippen MR) is 109 cm³/mol. The molecule has 0 N–H and O–H groups in total. The molecule has 2 aromatic carbocycles. The molecular formula is C22H18FN3S. The Balaban J connectivity index is 1.54. The Morgan fingerprint density at radius 2 is 1.81 bits per heavy atom. The minimum absolute atomic E-state index is 0.222. The van der Waals surface area contributed by atoms with E-state index in [2.05, 4.69) is 50.6 Å². The van der Waals surface area contributed by atoms with Crippen LogP contribution in [0.4, 0.5) is 10.2 Å². The van der Waals surface area contributed by atoms with Gasteiger partial charge in [-0.05, 0) is 29.7 Å². The predicted octanol–water partition coefficient (Wildman–Crippen LogP) is 5.49. The standard InChI is InChI=1S/C22H18FN3S/c23-18-8-6-16(7-9-18)19-13-27-22-20(19)21(24-14-25-22)26-11-10-17(12-26)15-4-2-1-3-5-15/h1-9,13-14,17H,10-12H2/t17-/m1/s1. The van der Waals surface area contributed by atoms with Crippen LogP contribution in [0.25, 0.3) is 21.3 Å². The Labute approximate surface area is 161 Å². The third-order valence-corrected chi connectivity index (χ3v) is 6.15. The van der Waals surface area contributed by atoms with E-state index >= 15 is 0 Å². The summed E-state index contributed by atoms with van der Waals surface area (Å²) < 4.78 is 13.3. The second-order valence-electron chi connectivity index (χ2n) is 6.88. The highest BCUT2D eigenvalue weighted by Gasteiger charge is 2.27. The Bertz CT molecular complexity index is 1080. The van der Waals surface area contributed by atoms with Crippen LogP contribution in [0.3, 0.4) is 0 Å². The summed E-state index contributed by atoms with van der Waals surface area (Å²) in [4.78, 5) is 12.4. The van der Waals surface area contributed by atoms with Crippen molar-refractivity contribution < 1.29 is 4.39 Å². The fourth-order valence-electron chi connectivity index (χ4n) is 3.89. The summed E-state index contributed by atoms with van der Waals surface area (Å²) in [6.07, 6.45) is 2.77. The van der Waals surface area contributed by atoms with Crippen LogP contribution >= 0.6 is 11.3 Å². The maximum atomic E-state index is 13.3. The molecule has 0 radical (unpaired) electrons. The highest BCUT2D eigenvalue weighted by atomic mass is 32.1. The Hall–Kier alpha value is -2.79. The van der Waals surface area contributed by atoms with Crippen molar-refractivity contribution in [3.05, 3.63) is 77.7 Å². The fraction of sp³-hybridized carbons (Fsp3) is 0.182. The molecule has 0 amide bonds. The maximum Gasteiger partial charge on any atom is 0.141 e. The van der Waals surface area contributed by atoms with Crippen LogP contribution in [0, 0.1) is 5.82 Å². The van der Waals surface area contributed by atoms with Gasteiger partial charge in [-0.3, -0.25) is 0 Å². The zero-order valence-electron chi connectivity index (χ0n) is 14.7. The fourth-order valence-corrected chi connectivity index (χ4v) is 4.80. The average Bonchev–Trinajstić information content (AvgIpc) is 3.37. The van der Waals surface area contributed by atoms with Gasteiger partial charge in [-0.15, -0.1) is 11.3 Å². The van der Waals surface area contributed by atoms with Crippen LogP contribution in [-0.4, -0.2) is 23.1 Å². The van der Waals surface area contributed by atoms with Crippen LogP contribution in [0.2, 0.25) is 0 Å². The molecule has 3 heterocycles. The van der Waals surface area contributed by atoms with Crippen molar-refractivity contribution in [2.75, 3.05) is 18.0 Å². The SMILES string of the molecule is Fc1ccc(-c2csc3ncnc(N4CC[C@@H](c5ccccc5)C4)c23)cc1. The zero-order chi connectivity index (χ0) is 18.2. The van der Waals surface area contributed by atoms with Gasteiger partial charge in [0.05, 0.1) is 5.39 Å². The number of anilines is 1. The molecule has 0 saturated carbocycles. The topological polar surface area (TPSA) is 29.0 Å². The van der Waals surface area contributed by atoms with Gasteiger partial charge in [0.1, 0.15) is 22.8 Å². The highest BCUT2D eigenvalue weighted by molar-refractivity contribution is 7.17. The first-order valence-corrected chi connectivity index (χ1v) is 9.95. The molecule has 5 heteroatoms. The lowest BCUT2D eigenvalue weighted by molar-refractivity contribution is 0.628. The third kappa shape index (κ3) is 2.98. The molecular weight excluding hydrogens is 357 g/mol. The van der Waals surface area contributed by atoms with Crippen molar-refractivity contribution in [2.45, 2.75) is 12.3 Å². The number of hydrogen-bond donors (Lipinski definition) is 0. The molecule has 1 aliphatic rings. The first kappa shape index (κ1) is 16.4.